The average molecular weight is 383 g/mol. The smallest absolute Gasteiger partial charge is 0.306 e. The molecule has 0 atom stereocenters. The van der Waals surface area contributed by atoms with Crippen LogP contribution in [0.1, 0.15) is 36.7 Å². The fourth-order valence-electron chi connectivity index (χ4n) is 3.15. The van der Waals surface area contributed by atoms with Gasteiger partial charge in [-0.3, -0.25) is 14.2 Å². The van der Waals surface area contributed by atoms with Crippen LogP contribution in [0.3, 0.4) is 0 Å². The zero-order chi connectivity index (χ0) is 18.8. The number of para-hydroxylation sites is 1. The summed E-state index contributed by atoms with van der Waals surface area (Å²) in [6.45, 7) is 0.181. The zero-order valence-corrected chi connectivity index (χ0v) is 15.5. The second-order valence-electron chi connectivity index (χ2n) is 6.74. The fourth-order valence-corrected chi connectivity index (χ4v) is 3.37. The molecule has 0 unspecified atom stereocenters. The molecule has 1 saturated carbocycles. The summed E-state index contributed by atoms with van der Waals surface area (Å²) in [5, 5.41) is 1.23. The molecule has 27 heavy (non-hydrogen) atoms. The molecule has 6 heteroatoms. The lowest BCUT2D eigenvalue weighted by molar-refractivity contribution is -0.144. The minimum atomic E-state index is -0.320. The van der Waals surface area contributed by atoms with Gasteiger partial charge in [0.2, 0.25) is 0 Å². The Balaban J connectivity index is 1.47. The third-order valence-electron chi connectivity index (χ3n) is 4.63. The SMILES string of the molecule is O=C(CCc1nc2ccccc2c(=O)n1C1CC1)OCc1cccc(Cl)c1. The lowest BCUT2D eigenvalue weighted by Crippen LogP contribution is -2.25. The van der Waals surface area contributed by atoms with Gasteiger partial charge in [-0.15, -0.1) is 0 Å². The Labute approximate surface area is 161 Å². The molecule has 1 aromatic heterocycles. The number of carbonyl (C=O) groups excluding carboxylic acids is 1. The van der Waals surface area contributed by atoms with Crippen molar-refractivity contribution in [2.24, 2.45) is 0 Å². The van der Waals surface area contributed by atoms with Gasteiger partial charge in [0.05, 0.1) is 17.3 Å². The number of rotatable bonds is 6. The summed E-state index contributed by atoms with van der Waals surface area (Å²) in [4.78, 5) is 29.6. The molecule has 1 fully saturated rings. The van der Waals surface area contributed by atoms with E-state index in [9.17, 15) is 9.59 Å². The minimum absolute atomic E-state index is 0.0228. The van der Waals surface area contributed by atoms with Crippen LogP contribution in [0.2, 0.25) is 5.02 Å². The first kappa shape index (κ1) is 17.7. The van der Waals surface area contributed by atoms with Gasteiger partial charge in [-0.05, 0) is 42.7 Å². The highest BCUT2D eigenvalue weighted by Gasteiger charge is 2.28. The number of ether oxygens (including phenoxy) is 1. The number of aromatic nitrogens is 2. The van der Waals surface area contributed by atoms with Crippen LogP contribution < -0.4 is 5.56 Å². The topological polar surface area (TPSA) is 61.2 Å². The number of aryl methyl sites for hydroxylation is 1. The summed E-state index contributed by atoms with van der Waals surface area (Å²) >= 11 is 5.94. The minimum Gasteiger partial charge on any atom is -0.461 e. The van der Waals surface area contributed by atoms with E-state index in [1.54, 1.807) is 22.8 Å². The summed E-state index contributed by atoms with van der Waals surface area (Å²) in [5.41, 5.74) is 1.49. The predicted octanol–water partition coefficient (Wildman–Crippen LogP) is 4.06. The number of carbonyl (C=O) groups is 1. The number of esters is 1. The molecule has 1 aliphatic rings. The van der Waals surface area contributed by atoms with Gasteiger partial charge in [-0.2, -0.15) is 0 Å². The number of hydrogen-bond acceptors (Lipinski definition) is 4. The van der Waals surface area contributed by atoms with Gasteiger partial charge in [0.1, 0.15) is 12.4 Å². The number of halogens is 1. The Kier molecular flexibility index (Phi) is 4.94. The molecule has 4 rings (SSSR count). The van der Waals surface area contributed by atoms with Crippen LogP contribution in [-0.2, 0) is 22.6 Å². The van der Waals surface area contributed by atoms with E-state index in [-0.39, 0.29) is 30.6 Å². The van der Waals surface area contributed by atoms with Gasteiger partial charge in [-0.25, -0.2) is 4.98 Å². The Hall–Kier alpha value is -2.66. The second-order valence-corrected chi connectivity index (χ2v) is 7.18. The highest BCUT2D eigenvalue weighted by atomic mass is 35.5. The second kappa shape index (κ2) is 7.53. The summed E-state index contributed by atoms with van der Waals surface area (Å²) in [7, 11) is 0. The van der Waals surface area contributed by atoms with E-state index in [0.717, 1.165) is 18.4 Å². The van der Waals surface area contributed by atoms with Crippen LogP contribution in [0.25, 0.3) is 10.9 Å². The van der Waals surface area contributed by atoms with Gasteiger partial charge in [-0.1, -0.05) is 35.9 Å². The normalized spacial score (nSPS) is 13.7. The third-order valence-corrected chi connectivity index (χ3v) is 4.87. The summed E-state index contributed by atoms with van der Waals surface area (Å²) in [6, 6.07) is 14.7. The van der Waals surface area contributed by atoms with Crippen molar-refractivity contribution in [1.29, 1.82) is 0 Å². The maximum absolute atomic E-state index is 12.8. The van der Waals surface area contributed by atoms with Crippen molar-refractivity contribution in [1.82, 2.24) is 9.55 Å². The molecule has 0 saturated heterocycles. The van der Waals surface area contributed by atoms with Crippen LogP contribution >= 0.6 is 11.6 Å². The Bertz CT molecular complexity index is 1060. The fraction of sp³-hybridized carbons (Fsp3) is 0.286. The van der Waals surface area contributed by atoms with E-state index in [4.69, 9.17) is 16.3 Å². The van der Waals surface area contributed by atoms with Crippen LogP contribution in [0.15, 0.2) is 53.3 Å². The van der Waals surface area contributed by atoms with Gasteiger partial charge < -0.3 is 4.74 Å². The van der Waals surface area contributed by atoms with Crippen molar-refractivity contribution in [3.05, 3.63) is 75.3 Å². The Morgan fingerprint density at radius 2 is 2.00 bits per heavy atom. The molecule has 1 heterocycles. The van der Waals surface area contributed by atoms with E-state index in [2.05, 4.69) is 4.98 Å². The summed E-state index contributed by atoms with van der Waals surface area (Å²) in [5.74, 6) is 0.334. The van der Waals surface area contributed by atoms with Crippen molar-refractivity contribution in [2.75, 3.05) is 0 Å². The van der Waals surface area contributed by atoms with Gasteiger partial charge in [0.25, 0.3) is 5.56 Å². The van der Waals surface area contributed by atoms with E-state index in [0.29, 0.717) is 28.2 Å². The molecule has 0 radical (unpaired) electrons. The van der Waals surface area contributed by atoms with Crippen LogP contribution in [0.5, 0.6) is 0 Å². The standard InChI is InChI=1S/C21H19ClN2O3/c22-15-5-3-4-14(12-15)13-27-20(25)11-10-19-23-18-7-2-1-6-17(18)21(26)24(19)16-8-9-16/h1-7,12,16H,8-11,13H2. The molecule has 0 N–H and O–H groups in total. The number of fused-ring (bicyclic) bond motifs is 1. The molecule has 3 aromatic rings. The maximum atomic E-state index is 12.8. The summed E-state index contributed by atoms with van der Waals surface area (Å²) < 4.78 is 7.08. The quantitative estimate of drug-likeness (QED) is 0.603. The van der Waals surface area contributed by atoms with Crippen LogP contribution in [0, 0.1) is 0 Å². The van der Waals surface area contributed by atoms with E-state index in [1.165, 1.54) is 0 Å². The van der Waals surface area contributed by atoms with Gasteiger partial charge in [0.15, 0.2) is 0 Å². The lowest BCUT2D eigenvalue weighted by atomic mass is 10.2. The number of hydrogen-bond donors (Lipinski definition) is 0. The van der Waals surface area contributed by atoms with Crippen molar-refractivity contribution in [3.8, 4) is 0 Å². The third kappa shape index (κ3) is 4.03. The summed E-state index contributed by atoms with van der Waals surface area (Å²) in [6.07, 6.45) is 2.52. The van der Waals surface area contributed by atoms with Crippen molar-refractivity contribution < 1.29 is 9.53 Å². The first-order valence-corrected chi connectivity index (χ1v) is 9.40. The van der Waals surface area contributed by atoms with E-state index in [1.807, 2.05) is 30.3 Å². The van der Waals surface area contributed by atoms with E-state index < -0.39 is 0 Å². The Morgan fingerprint density at radius 3 is 2.78 bits per heavy atom. The number of nitrogens with zero attached hydrogens (tertiary/aromatic N) is 2. The van der Waals surface area contributed by atoms with Crippen molar-refractivity contribution in [3.63, 3.8) is 0 Å². The molecule has 138 valence electrons. The molecule has 5 nitrogen and oxygen atoms in total. The average Bonchev–Trinajstić information content (AvgIpc) is 3.50. The molecule has 1 aliphatic carbocycles. The van der Waals surface area contributed by atoms with Crippen molar-refractivity contribution >= 4 is 28.5 Å². The first-order chi connectivity index (χ1) is 13.1. The van der Waals surface area contributed by atoms with E-state index >= 15 is 0 Å². The predicted molar refractivity (Wildman–Crippen MR) is 104 cm³/mol. The van der Waals surface area contributed by atoms with Crippen LogP contribution in [-0.4, -0.2) is 15.5 Å². The van der Waals surface area contributed by atoms with Crippen LogP contribution in [0.4, 0.5) is 0 Å². The molecule has 0 bridgehead atoms. The lowest BCUT2D eigenvalue weighted by Gasteiger charge is -2.12. The molecular formula is C21H19ClN2O3. The van der Waals surface area contributed by atoms with Crippen molar-refractivity contribution in [2.45, 2.75) is 38.3 Å². The molecular weight excluding hydrogens is 364 g/mol. The first-order valence-electron chi connectivity index (χ1n) is 9.02. The zero-order valence-electron chi connectivity index (χ0n) is 14.7. The highest BCUT2D eigenvalue weighted by Crippen LogP contribution is 2.34. The molecule has 0 spiro atoms. The monoisotopic (exact) mass is 382 g/mol. The number of benzene rings is 2. The highest BCUT2D eigenvalue weighted by molar-refractivity contribution is 6.30. The Morgan fingerprint density at radius 1 is 1.19 bits per heavy atom. The maximum Gasteiger partial charge on any atom is 0.306 e. The molecule has 0 amide bonds. The largest absolute Gasteiger partial charge is 0.461 e. The van der Waals surface area contributed by atoms with Gasteiger partial charge >= 0.3 is 5.97 Å². The molecule has 0 aliphatic heterocycles. The molecule has 2 aromatic carbocycles. The van der Waals surface area contributed by atoms with Gasteiger partial charge in [0, 0.05) is 17.5 Å².